The smallest absolute Gasteiger partial charge is 0.309 e. The summed E-state index contributed by atoms with van der Waals surface area (Å²) < 4.78 is 36.1. The highest BCUT2D eigenvalue weighted by molar-refractivity contribution is 8.00. The molecule has 1 aliphatic heterocycles. The SMILES string of the molecule is FC(F)(F)SCCNC1CCSc2ccc(Cl)cc21. The average molecular weight is 328 g/mol. The van der Waals surface area contributed by atoms with E-state index in [0.717, 1.165) is 22.6 Å². The van der Waals surface area contributed by atoms with Crippen LogP contribution in [0.25, 0.3) is 0 Å². The summed E-state index contributed by atoms with van der Waals surface area (Å²) in [7, 11) is 0. The van der Waals surface area contributed by atoms with E-state index in [1.807, 2.05) is 18.2 Å². The molecule has 0 saturated carbocycles. The molecule has 0 bridgehead atoms. The molecule has 1 aliphatic rings. The third-order valence-electron chi connectivity index (χ3n) is 2.77. The van der Waals surface area contributed by atoms with Crippen molar-refractivity contribution >= 4 is 35.1 Å². The Morgan fingerprint density at radius 2 is 2.21 bits per heavy atom. The molecule has 1 atom stereocenters. The van der Waals surface area contributed by atoms with Crippen molar-refractivity contribution in [2.75, 3.05) is 18.1 Å². The monoisotopic (exact) mass is 327 g/mol. The summed E-state index contributed by atoms with van der Waals surface area (Å²) in [5, 5.41) is 3.85. The van der Waals surface area contributed by atoms with Crippen LogP contribution in [0.3, 0.4) is 0 Å². The first-order valence-corrected chi connectivity index (χ1v) is 8.17. The minimum atomic E-state index is -4.15. The Kier molecular flexibility index (Phi) is 5.34. The van der Waals surface area contributed by atoms with Gasteiger partial charge in [0, 0.05) is 28.3 Å². The second kappa shape index (κ2) is 6.61. The fourth-order valence-electron chi connectivity index (χ4n) is 1.98. The molecule has 0 saturated heterocycles. The Balaban J connectivity index is 1.91. The standard InChI is InChI=1S/C12H13ClF3NS2/c13-8-1-2-11-9(7-8)10(3-5-18-11)17-4-6-19-12(14,15)16/h1-2,7,10,17H,3-6H2. The molecule has 0 aromatic heterocycles. The molecule has 19 heavy (non-hydrogen) atoms. The molecule has 1 heterocycles. The van der Waals surface area contributed by atoms with Crippen LogP contribution in [-0.2, 0) is 0 Å². The zero-order valence-electron chi connectivity index (χ0n) is 9.97. The van der Waals surface area contributed by atoms with Crippen LogP contribution in [0, 0.1) is 0 Å². The van der Waals surface area contributed by atoms with E-state index in [2.05, 4.69) is 5.32 Å². The molecule has 1 aromatic rings. The molecule has 1 aromatic carbocycles. The maximum Gasteiger partial charge on any atom is 0.441 e. The Morgan fingerprint density at radius 3 is 2.95 bits per heavy atom. The van der Waals surface area contributed by atoms with Crippen molar-refractivity contribution < 1.29 is 13.2 Å². The van der Waals surface area contributed by atoms with Gasteiger partial charge >= 0.3 is 5.51 Å². The minimum absolute atomic E-state index is 0.0128. The van der Waals surface area contributed by atoms with Crippen molar-refractivity contribution in [3.8, 4) is 0 Å². The van der Waals surface area contributed by atoms with Crippen molar-refractivity contribution in [1.29, 1.82) is 0 Å². The molecule has 1 unspecified atom stereocenters. The summed E-state index contributed by atoms with van der Waals surface area (Å²) in [6.45, 7) is 0.339. The third-order valence-corrected chi connectivity index (χ3v) is 4.86. The summed E-state index contributed by atoms with van der Waals surface area (Å²) in [6, 6.07) is 5.82. The molecule has 106 valence electrons. The zero-order valence-corrected chi connectivity index (χ0v) is 12.4. The van der Waals surface area contributed by atoms with E-state index in [1.165, 1.54) is 0 Å². The van der Waals surface area contributed by atoms with Crippen molar-refractivity contribution in [3.63, 3.8) is 0 Å². The second-order valence-electron chi connectivity index (χ2n) is 4.12. The number of hydrogen-bond acceptors (Lipinski definition) is 3. The Bertz CT molecular complexity index is 439. The van der Waals surface area contributed by atoms with E-state index in [-0.39, 0.29) is 23.6 Å². The molecule has 0 radical (unpaired) electrons. The molecular weight excluding hydrogens is 315 g/mol. The van der Waals surface area contributed by atoms with Gasteiger partial charge in [0.15, 0.2) is 0 Å². The van der Waals surface area contributed by atoms with Gasteiger partial charge in [-0.1, -0.05) is 11.6 Å². The molecule has 0 fully saturated rings. The molecule has 0 aliphatic carbocycles. The normalized spacial score (nSPS) is 19.3. The van der Waals surface area contributed by atoms with Gasteiger partial charge in [-0.2, -0.15) is 13.2 Å². The average Bonchev–Trinajstić information content (AvgIpc) is 2.33. The lowest BCUT2D eigenvalue weighted by Crippen LogP contribution is -2.27. The minimum Gasteiger partial charge on any atom is -0.309 e. The zero-order chi connectivity index (χ0) is 13.9. The van der Waals surface area contributed by atoms with E-state index < -0.39 is 5.51 Å². The maximum absolute atomic E-state index is 12.0. The van der Waals surface area contributed by atoms with Crippen LogP contribution >= 0.6 is 35.1 Å². The molecular formula is C12H13ClF3NS2. The number of thioether (sulfide) groups is 2. The molecule has 1 N–H and O–H groups in total. The van der Waals surface area contributed by atoms with Crippen LogP contribution in [-0.4, -0.2) is 23.6 Å². The van der Waals surface area contributed by atoms with E-state index in [9.17, 15) is 13.2 Å². The number of nitrogens with one attached hydrogen (secondary N) is 1. The van der Waals surface area contributed by atoms with Gasteiger partial charge in [0.1, 0.15) is 0 Å². The summed E-state index contributed by atoms with van der Waals surface area (Å²) in [6.07, 6.45) is 0.911. The van der Waals surface area contributed by atoms with Gasteiger partial charge < -0.3 is 5.32 Å². The van der Waals surface area contributed by atoms with Crippen LogP contribution in [0.4, 0.5) is 13.2 Å². The quantitative estimate of drug-likeness (QED) is 0.804. The van der Waals surface area contributed by atoms with Crippen LogP contribution in [0.5, 0.6) is 0 Å². The highest BCUT2D eigenvalue weighted by Crippen LogP contribution is 2.37. The Hall–Kier alpha value is -0.0400. The van der Waals surface area contributed by atoms with Crippen molar-refractivity contribution in [2.24, 2.45) is 0 Å². The first-order chi connectivity index (χ1) is 8.96. The summed E-state index contributed by atoms with van der Waals surface area (Å²) in [4.78, 5) is 1.16. The van der Waals surface area contributed by atoms with Gasteiger partial charge in [0.05, 0.1) is 0 Å². The van der Waals surface area contributed by atoms with Gasteiger partial charge in [-0.15, -0.1) is 11.8 Å². The Labute approximate surface area is 123 Å². The molecule has 7 heteroatoms. The third kappa shape index (κ3) is 4.77. The number of halogens is 4. The Morgan fingerprint density at radius 1 is 1.42 bits per heavy atom. The van der Waals surface area contributed by atoms with Gasteiger partial charge in [-0.3, -0.25) is 0 Å². The number of fused-ring (bicyclic) bond motifs is 1. The van der Waals surface area contributed by atoms with Crippen molar-refractivity contribution in [1.82, 2.24) is 5.32 Å². The summed E-state index contributed by atoms with van der Waals surface area (Å²) in [5.74, 6) is 1.00. The van der Waals surface area contributed by atoms with Crippen LogP contribution in [0.1, 0.15) is 18.0 Å². The second-order valence-corrected chi connectivity index (χ2v) is 6.85. The highest BCUT2D eigenvalue weighted by Gasteiger charge is 2.28. The van der Waals surface area contributed by atoms with Crippen molar-refractivity contribution in [3.05, 3.63) is 28.8 Å². The largest absolute Gasteiger partial charge is 0.441 e. The van der Waals surface area contributed by atoms with E-state index >= 15 is 0 Å². The lowest BCUT2D eigenvalue weighted by atomic mass is 10.0. The topological polar surface area (TPSA) is 12.0 Å². The first kappa shape index (κ1) is 15.4. The first-order valence-electron chi connectivity index (χ1n) is 5.82. The summed E-state index contributed by atoms with van der Waals surface area (Å²) >= 11 is 7.75. The lowest BCUT2D eigenvalue weighted by molar-refractivity contribution is -0.0327. The van der Waals surface area contributed by atoms with E-state index in [0.29, 0.717) is 11.6 Å². The predicted octanol–water partition coefficient (Wildman–Crippen LogP) is 4.72. The van der Waals surface area contributed by atoms with Crippen LogP contribution < -0.4 is 5.32 Å². The number of hydrogen-bond donors (Lipinski definition) is 1. The number of rotatable bonds is 4. The number of alkyl halides is 3. The molecule has 0 amide bonds. The molecule has 1 nitrogen and oxygen atoms in total. The van der Waals surface area contributed by atoms with Crippen LogP contribution in [0.2, 0.25) is 5.02 Å². The predicted molar refractivity (Wildman–Crippen MR) is 76.0 cm³/mol. The number of benzene rings is 1. The van der Waals surface area contributed by atoms with Crippen molar-refractivity contribution in [2.45, 2.75) is 22.9 Å². The maximum atomic E-state index is 12.0. The highest BCUT2D eigenvalue weighted by atomic mass is 35.5. The fourth-order valence-corrected chi connectivity index (χ4v) is 3.71. The van der Waals surface area contributed by atoms with E-state index in [4.69, 9.17) is 11.6 Å². The van der Waals surface area contributed by atoms with Gasteiger partial charge in [-0.25, -0.2) is 0 Å². The van der Waals surface area contributed by atoms with Gasteiger partial charge in [0.2, 0.25) is 0 Å². The summed E-state index contributed by atoms with van der Waals surface area (Å²) in [5.41, 5.74) is -3.05. The molecule has 2 rings (SSSR count). The van der Waals surface area contributed by atoms with Gasteiger partial charge in [0.25, 0.3) is 0 Å². The van der Waals surface area contributed by atoms with Crippen LogP contribution in [0.15, 0.2) is 23.1 Å². The fraction of sp³-hybridized carbons (Fsp3) is 0.500. The van der Waals surface area contributed by atoms with Gasteiger partial charge in [-0.05, 0) is 47.7 Å². The van der Waals surface area contributed by atoms with E-state index in [1.54, 1.807) is 11.8 Å². The molecule has 0 spiro atoms. The lowest BCUT2D eigenvalue weighted by Gasteiger charge is -2.26.